The number of morpholine rings is 1. The van der Waals surface area contributed by atoms with Crippen LogP contribution in [0.5, 0.6) is 0 Å². The Bertz CT molecular complexity index is 796. The van der Waals surface area contributed by atoms with Gasteiger partial charge in [0.25, 0.3) is 0 Å². The molecular weight excluding hydrogens is 326 g/mol. The third kappa shape index (κ3) is 2.05. The number of aromatic nitrogens is 4. The van der Waals surface area contributed by atoms with Crippen LogP contribution >= 0.6 is 11.3 Å². The molecule has 7 nitrogen and oxygen atoms in total. The van der Waals surface area contributed by atoms with Gasteiger partial charge in [-0.3, -0.25) is 4.79 Å². The quantitative estimate of drug-likeness (QED) is 0.843. The van der Waals surface area contributed by atoms with Gasteiger partial charge in [0.05, 0.1) is 35.9 Å². The zero-order chi connectivity index (χ0) is 16.3. The number of aryl methyl sites for hydroxylation is 1. The van der Waals surface area contributed by atoms with E-state index in [1.54, 1.807) is 11.3 Å². The van der Waals surface area contributed by atoms with Gasteiger partial charge in [-0.05, 0) is 25.7 Å². The minimum absolute atomic E-state index is 0.120. The summed E-state index contributed by atoms with van der Waals surface area (Å²) in [5, 5.41) is 11.6. The van der Waals surface area contributed by atoms with E-state index in [0.29, 0.717) is 31.1 Å². The van der Waals surface area contributed by atoms with Crippen LogP contribution in [0.15, 0.2) is 11.6 Å². The van der Waals surface area contributed by atoms with Gasteiger partial charge in [0.1, 0.15) is 11.4 Å². The molecule has 0 aromatic carbocycles. The maximum Gasteiger partial charge on any atom is 0.229 e. The van der Waals surface area contributed by atoms with Crippen LogP contribution in [-0.2, 0) is 9.53 Å². The van der Waals surface area contributed by atoms with Gasteiger partial charge >= 0.3 is 0 Å². The highest BCUT2D eigenvalue weighted by Gasteiger charge is 2.73. The Kier molecular flexibility index (Phi) is 3.09. The van der Waals surface area contributed by atoms with Crippen molar-refractivity contribution in [1.29, 1.82) is 0 Å². The number of nitrogens with zero attached hydrogens (tertiary/aromatic N) is 5. The topological polar surface area (TPSA) is 73.1 Å². The summed E-state index contributed by atoms with van der Waals surface area (Å²) < 4.78 is 7.28. The third-order valence-corrected chi connectivity index (χ3v) is 6.40. The summed E-state index contributed by atoms with van der Waals surface area (Å²) in [5.74, 6) is 0.738. The number of thiazole rings is 1. The lowest BCUT2D eigenvalue weighted by molar-refractivity contribution is -0.145. The fourth-order valence-electron chi connectivity index (χ4n) is 4.16. The lowest BCUT2D eigenvalue weighted by atomic mass is 9.79. The van der Waals surface area contributed by atoms with Crippen molar-refractivity contribution in [2.45, 2.75) is 25.8 Å². The largest absolute Gasteiger partial charge is 0.378 e. The van der Waals surface area contributed by atoms with E-state index >= 15 is 0 Å². The number of ether oxygens (including phenoxy) is 1. The van der Waals surface area contributed by atoms with E-state index in [4.69, 9.17) is 4.74 Å². The second-order valence-corrected chi connectivity index (χ2v) is 8.04. The average Bonchev–Trinajstić information content (AvgIpc) is 2.97. The van der Waals surface area contributed by atoms with Gasteiger partial charge in [0.2, 0.25) is 5.91 Å². The van der Waals surface area contributed by atoms with Gasteiger partial charge in [-0.1, -0.05) is 5.21 Å². The molecular formula is C16H19N5O2S. The Morgan fingerprint density at radius 2 is 2.17 bits per heavy atom. The van der Waals surface area contributed by atoms with Crippen LogP contribution in [0.4, 0.5) is 0 Å². The van der Waals surface area contributed by atoms with Crippen LogP contribution in [0.3, 0.4) is 0 Å². The lowest BCUT2D eigenvalue weighted by Crippen LogP contribution is -2.48. The summed E-state index contributed by atoms with van der Waals surface area (Å²) in [6.45, 7) is 4.77. The van der Waals surface area contributed by atoms with Crippen molar-refractivity contribution in [3.05, 3.63) is 16.6 Å². The molecule has 1 aliphatic heterocycles. The van der Waals surface area contributed by atoms with E-state index in [2.05, 4.69) is 15.3 Å². The molecule has 24 heavy (non-hydrogen) atoms. The van der Waals surface area contributed by atoms with Gasteiger partial charge in [-0.15, -0.1) is 16.4 Å². The van der Waals surface area contributed by atoms with Gasteiger partial charge < -0.3 is 9.64 Å². The Balaban J connectivity index is 1.29. The summed E-state index contributed by atoms with van der Waals surface area (Å²) in [4.78, 5) is 19.2. The maximum absolute atomic E-state index is 12.8. The van der Waals surface area contributed by atoms with Crippen LogP contribution in [0.1, 0.15) is 23.9 Å². The van der Waals surface area contributed by atoms with E-state index in [1.807, 2.05) is 28.1 Å². The number of carbonyl (C=O) groups is 1. The van der Waals surface area contributed by atoms with Gasteiger partial charge in [-0.2, -0.15) is 0 Å². The van der Waals surface area contributed by atoms with E-state index in [1.165, 1.54) is 0 Å². The highest BCUT2D eigenvalue weighted by Crippen LogP contribution is 2.73. The Morgan fingerprint density at radius 1 is 1.33 bits per heavy atom. The summed E-state index contributed by atoms with van der Waals surface area (Å²) in [6, 6.07) is 0.302. The summed E-state index contributed by atoms with van der Waals surface area (Å²) >= 11 is 1.62. The first-order valence-corrected chi connectivity index (χ1v) is 9.27. The van der Waals surface area contributed by atoms with Crippen molar-refractivity contribution >= 4 is 17.2 Å². The Morgan fingerprint density at radius 3 is 2.88 bits per heavy atom. The third-order valence-electron chi connectivity index (χ3n) is 5.63. The molecule has 5 rings (SSSR count). The molecule has 2 aliphatic carbocycles. The number of rotatable bonds is 3. The molecule has 1 amide bonds. The van der Waals surface area contributed by atoms with Gasteiger partial charge in [0.15, 0.2) is 0 Å². The Labute approximate surface area is 143 Å². The molecule has 3 fully saturated rings. The molecule has 0 spiro atoms. The first kappa shape index (κ1) is 14.5. The van der Waals surface area contributed by atoms with Crippen molar-refractivity contribution in [3.8, 4) is 11.4 Å². The maximum atomic E-state index is 12.8. The molecule has 3 aliphatic rings. The first-order chi connectivity index (χ1) is 11.7. The number of hydrogen-bond donors (Lipinski definition) is 0. The summed E-state index contributed by atoms with van der Waals surface area (Å²) in [6.07, 6.45) is 3.84. The zero-order valence-corrected chi connectivity index (χ0v) is 14.3. The standard InChI is InChI=1S/C16H19N5O2S/c1-10-17-13(9-24-10)12-8-21(19-18-12)14-7-16(6-11(14)16)15(22)20-2-4-23-5-3-20/h8-9,11,14H,2-7H2,1H3/t11-,14+,16-/m0/s1. The fourth-order valence-corrected chi connectivity index (χ4v) is 4.76. The normalized spacial score (nSPS) is 31.5. The smallest absolute Gasteiger partial charge is 0.229 e. The molecule has 2 saturated carbocycles. The second kappa shape index (κ2) is 5.10. The van der Waals surface area contributed by atoms with Crippen molar-refractivity contribution in [2.24, 2.45) is 11.3 Å². The van der Waals surface area contributed by atoms with E-state index in [-0.39, 0.29) is 5.41 Å². The van der Waals surface area contributed by atoms with Crippen LogP contribution in [0.25, 0.3) is 11.4 Å². The minimum Gasteiger partial charge on any atom is -0.378 e. The molecule has 0 N–H and O–H groups in total. The fraction of sp³-hybridized carbons (Fsp3) is 0.625. The molecule has 0 unspecified atom stereocenters. The van der Waals surface area contributed by atoms with Crippen molar-refractivity contribution in [2.75, 3.05) is 26.3 Å². The zero-order valence-electron chi connectivity index (χ0n) is 13.5. The summed E-state index contributed by atoms with van der Waals surface area (Å²) in [5.41, 5.74) is 1.58. The van der Waals surface area contributed by atoms with Gasteiger partial charge in [0, 0.05) is 18.5 Å². The SMILES string of the molecule is Cc1nc(-c2cn([C@@H]3C[C@@]4(C(=O)N5CCOCC5)C[C@@H]34)nn2)cs1. The lowest BCUT2D eigenvalue weighted by Gasteiger charge is -2.38. The molecule has 0 bridgehead atoms. The van der Waals surface area contributed by atoms with Crippen molar-refractivity contribution in [1.82, 2.24) is 24.9 Å². The first-order valence-electron chi connectivity index (χ1n) is 8.39. The van der Waals surface area contributed by atoms with E-state index in [0.717, 1.165) is 42.3 Å². The number of carbonyl (C=O) groups excluding carboxylic acids is 1. The number of fused-ring (bicyclic) bond motifs is 1. The molecule has 3 heterocycles. The Hall–Kier alpha value is -1.80. The number of hydrogen-bond acceptors (Lipinski definition) is 6. The molecule has 2 aromatic heterocycles. The summed E-state index contributed by atoms with van der Waals surface area (Å²) in [7, 11) is 0. The predicted octanol–water partition coefficient (Wildman–Crippen LogP) is 1.52. The molecule has 0 radical (unpaired) electrons. The predicted molar refractivity (Wildman–Crippen MR) is 87.5 cm³/mol. The molecule has 126 valence electrons. The molecule has 1 saturated heterocycles. The van der Waals surface area contributed by atoms with Crippen LogP contribution in [-0.4, -0.2) is 57.1 Å². The second-order valence-electron chi connectivity index (χ2n) is 6.98. The van der Waals surface area contributed by atoms with Crippen LogP contribution in [0.2, 0.25) is 0 Å². The van der Waals surface area contributed by atoms with Crippen LogP contribution in [0, 0.1) is 18.3 Å². The van der Waals surface area contributed by atoms with Crippen molar-refractivity contribution in [3.63, 3.8) is 0 Å². The number of amides is 1. The highest BCUT2D eigenvalue weighted by atomic mass is 32.1. The van der Waals surface area contributed by atoms with Crippen molar-refractivity contribution < 1.29 is 9.53 Å². The molecule has 8 heteroatoms. The van der Waals surface area contributed by atoms with E-state index < -0.39 is 0 Å². The van der Waals surface area contributed by atoms with Crippen LogP contribution < -0.4 is 0 Å². The average molecular weight is 345 g/mol. The molecule has 2 aromatic rings. The highest BCUT2D eigenvalue weighted by molar-refractivity contribution is 7.09. The monoisotopic (exact) mass is 345 g/mol. The van der Waals surface area contributed by atoms with E-state index in [9.17, 15) is 4.79 Å². The van der Waals surface area contributed by atoms with Gasteiger partial charge in [-0.25, -0.2) is 9.67 Å². The molecule has 3 atom stereocenters. The minimum atomic E-state index is -0.120.